The highest BCUT2D eigenvalue weighted by Gasteiger charge is 2.19. The van der Waals surface area contributed by atoms with Crippen LogP contribution >= 0.6 is 0 Å². The summed E-state index contributed by atoms with van der Waals surface area (Å²) in [6, 6.07) is 2.43. The zero-order chi connectivity index (χ0) is 15.1. The van der Waals surface area contributed by atoms with Crippen molar-refractivity contribution in [1.29, 1.82) is 0 Å². The molecule has 1 aliphatic heterocycles. The summed E-state index contributed by atoms with van der Waals surface area (Å²) in [4.78, 5) is 10.8. The van der Waals surface area contributed by atoms with Gasteiger partial charge in [-0.15, -0.1) is 0 Å². The molecule has 1 unspecified atom stereocenters. The van der Waals surface area contributed by atoms with E-state index in [2.05, 4.69) is 20.2 Å². The van der Waals surface area contributed by atoms with Gasteiger partial charge in [-0.05, 0) is 33.2 Å². The lowest BCUT2D eigenvalue weighted by atomic mass is 10.2. The van der Waals surface area contributed by atoms with Crippen molar-refractivity contribution in [2.24, 2.45) is 0 Å². The first-order chi connectivity index (χ1) is 10.2. The molecule has 0 bridgehead atoms. The Morgan fingerprint density at radius 2 is 2.29 bits per heavy atom. The van der Waals surface area contributed by atoms with Crippen LogP contribution in [0.3, 0.4) is 0 Å². The number of nitrogens with zero attached hydrogens (tertiary/aromatic N) is 3. The molecular formula is C15H26N4O2. The Hall–Kier alpha value is -1.40. The smallest absolute Gasteiger partial charge is 0.218 e. The molecule has 0 radical (unpaired) electrons. The van der Waals surface area contributed by atoms with E-state index in [1.54, 1.807) is 13.4 Å². The van der Waals surface area contributed by atoms with E-state index in [1.807, 2.05) is 19.9 Å². The molecule has 0 aromatic carbocycles. The molecule has 2 heterocycles. The van der Waals surface area contributed by atoms with E-state index in [1.165, 1.54) is 12.8 Å². The SMILES string of the molecule is COCCN(CC1CCCN1)c1cc(OC(C)C)ncn1. The van der Waals surface area contributed by atoms with E-state index >= 15 is 0 Å². The zero-order valence-electron chi connectivity index (χ0n) is 13.2. The van der Waals surface area contributed by atoms with Gasteiger partial charge in [-0.25, -0.2) is 9.97 Å². The lowest BCUT2D eigenvalue weighted by Crippen LogP contribution is -2.39. The van der Waals surface area contributed by atoms with Crippen LogP contribution in [0.5, 0.6) is 5.88 Å². The molecule has 1 N–H and O–H groups in total. The molecule has 1 saturated heterocycles. The monoisotopic (exact) mass is 294 g/mol. The molecular weight excluding hydrogens is 268 g/mol. The van der Waals surface area contributed by atoms with E-state index in [4.69, 9.17) is 9.47 Å². The average molecular weight is 294 g/mol. The van der Waals surface area contributed by atoms with Gasteiger partial charge in [0.15, 0.2) is 0 Å². The highest BCUT2D eigenvalue weighted by atomic mass is 16.5. The van der Waals surface area contributed by atoms with Gasteiger partial charge in [-0.1, -0.05) is 0 Å². The second kappa shape index (κ2) is 8.14. The van der Waals surface area contributed by atoms with Gasteiger partial charge in [0.05, 0.1) is 12.7 Å². The van der Waals surface area contributed by atoms with Crippen LogP contribution in [-0.2, 0) is 4.74 Å². The van der Waals surface area contributed by atoms with Gasteiger partial charge in [0, 0.05) is 32.3 Å². The third-order valence-corrected chi connectivity index (χ3v) is 3.48. The summed E-state index contributed by atoms with van der Waals surface area (Å²) in [7, 11) is 1.72. The Kier molecular flexibility index (Phi) is 6.20. The Labute approximate surface area is 126 Å². The van der Waals surface area contributed by atoms with E-state index in [0.717, 1.165) is 25.5 Å². The van der Waals surface area contributed by atoms with Crippen molar-refractivity contribution in [1.82, 2.24) is 15.3 Å². The van der Waals surface area contributed by atoms with Gasteiger partial charge in [-0.3, -0.25) is 0 Å². The maximum Gasteiger partial charge on any atom is 0.218 e. The van der Waals surface area contributed by atoms with E-state index in [-0.39, 0.29) is 6.10 Å². The first-order valence-corrected chi connectivity index (χ1v) is 7.65. The van der Waals surface area contributed by atoms with Gasteiger partial charge in [0.25, 0.3) is 0 Å². The number of aromatic nitrogens is 2. The van der Waals surface area contributed by atoms with Crippen molar-refractivity contribution in [3.8, 4) is 5.88 Å². The summed E-state index contributed by atoms with van der Waals surface area (Å²) in [5.41, 5.74) is 0. The van der Waals surface area contributed by atoms with Crippen LogP contribution in [0.15, 0.2) is 12.4 Å². The zero-order valence-corrected chi connectivity index (χ0v) is 13.2. The van der Waals surface area contributed by atoms with Crippen LogP contribution in [0.2, 0.25) is 0 Å². The number of anilines is 1. The quantitative estimate of drug-likeness (QED) is 0.783. The highest BCUT2D eigenvalue weighted by Crippen LogP contribution is 2.18. The first kappa shape index (κ1) is 16.0. The van der Waals surface area contributed by atoms with Crippen LogP contribution in [0.1, 0.15) is 26.7 Å². The minimum atomic E-state index is 0.108. The standard InChI is InChI=1S/C15H26N4O2/c1-12(2)21-15-9-14(17-11-18-15)19(7-8-20-3)10-13-5-4-6-16-13/h9,11-13,16H,4-8,10H2,1-3H3. The molecule has 1 atom stereocenters. The van der Waals surface area contributed by atoms with Crippen LogP contribution < -0.4 is 15.0 Å². The van der Waals surface area contributed by atoms with Gasteiger partial charge in [0.2, 0.25) is 5.88 Å². The normalized spacial score (nSPS) is 18.2. The number of hydrogen-bond donors (Lipinski definition) is 1. The first-order valence-electron chi connectivity index (χ1n) is 7.65. The number of nitrogens with one attached hydrogen (secondary N) is 1. The Balaban J connectivity index is 2.06. The lowest BCUT2D eigenvalue weighted by molar-refractivity contribution is 0.204. The van der Waals surface area contributed by atoms with Gasteiger partial charge in [-0.2, -0.15) is 0 Å². The Morgan fingerprint density at radius 3 is 2.95 bits per heavy atom. The van der Waals surface area contributed by atoms with Gasteiger partial charge < -0.3 is 19.7 Å². The summed E-state index contributed by atoms with van der Waals surface area (Å²) in [6.07, 6.45) is 4.13. The topological polar surface area (TPSA) is 59.5 Å². The van der Waals surface area contributed by atoms with Crippen molar-refractivity contribution in [3.05, 3.63) is 12.4 Å². The predicted molar refractivity (Wildman–Crippen MR) is 82.9 cm³/mol. The molecule has 6 nitrogen and oxygen atoms in total. The van der Waals surface area contributed by atoms with Crippen molar-refractivity contribution in [2.45, 2.75) is 38.8 Å². The van der Waals surface area contributed by atoms with E-state index < -0.39 is 0 Å². The minimum absolute atomic E-state index is 0.108. The van der Waals surface area contributed by atoms with Crippen LogP contribution in [0.25, 0.3) is 0 Å². The number of rotatable bonds is 8. The molecule has 21 heavy (non-hydrogen) atoms. The number of ether oxygens (including phenoxy) is 2. The molecule has 0 amide bonds. The largest absolute Gasteiger partial charge is 0.475 e. The minimum Gasteiger partial charge on any atom is -0.475 e. The molecule has 1 fully saturated rings. The second-order valence-electron chi connectivity index (χ2n) is 5.61. The van der Waals surface area contributed by atoms with Gasteiger partial charge in [0.1, 0.15) is 12.1 Å². The summed E-state index contributed by atoms with van der Waals surface area (Å²) in [5, 5.41) is 3.52. The lowest BCUT2D eigenvalue weighted by Gasteiger charge is -2.26. The summed E-state index contributed by atoms with van der Waals surface area (Å²) < 4.78 is 10.9. The molecule has 1 aliphatic rings. The van der Waals surface area contributed by atoms with Gasteiger partial charge >= 0.3 is 0 Å². The molecule has 2 rings (SSSR count). The van der Waals surface area contributed by atoms with Crippen LogP contribution in [0.4, 0.5) is 5.82 Å². The average Bonchev–Trinajstić information content (AvgIpc) is 2.96. The molecule has 0 saturated carbocycles. The Bertz CT molecular complexity index is 422. The third kappa shape index (κ3) is 5.13. The van der Waals surface area contributed by atoms with Crippen molar-refractivity contribution in [3.63, 3.8) is 0 Å². The van der Waals surface area contributed by atoms with Crippen molar-refractivity contribution < 1.29 is 9.47 Å². The molecule has 1 aromatic heterocycles. The summed E-state index contributed by atoms with van der Waals surface area (Å²) in [5.74, 6) is 1.52. The summed E-state index contributed by atoms with van der Waals surface area (Å²) >= 11 is 0. The van der Waals surface area contributed by atoms with Crippen LogP contribution in [-0.4, -0.2) is 55.5 Å². The molecule has 0 aliphatic carbocycles. The van der Waals surface area contributed by atoms with E-state index in [0.29, 0.717) is 18.5 Å². The maximum absolute atomic E-state index is 5.65. The fraction of sp³-hybridized carbons (Fsp3) is 0.733. The van der Waals surface area contributed by atoms with Crippen molar-refractivity contribution in [2.75, 3.05) is 38.3 Å². The molecule has 0 spiro atoms. The fourth-order valence-electron chi connectivity index (χ4n) is 2.49. The maximum atomic E-state index is 5.65. The highest BCUT2D eigenvalue weighted by molar-refractivity contribution is 5.41. The molecule has 6 heteroatoms. The molecule has 118 valence electrons. The number of methoxy groups -OCH3 is 1. The van der Waals surface area contributed by atoms with Crippen molar-refractivity contribution >= 4 is 5.82 Å². The third-order valence-electron chi connectivity index (χ3n) is 3.48. The van der Waals surface area contributed by atoms with E-state index in [9.17, 15) is 0 Å². The fourth-order valence-corrected chi connectivity index (χ4v) is 2.49. The molecule has 1 aromatic rings. The summed E-state index contributed by atoms with van der Waals surface area (Å²) in [6.45, 7) is 7.51. The number of hydrogen-bond acceptors (Lipinski definition) is 6. The second-order valence-corrected chi connectivity index (χ2v) is 5.61. The van der Waals surface area contributed by atoms with Crippen LogP contribution in [0, 0.1) is 0 Å². The predicted octanol–water partition coefficient (Wildman–Crippen LogP) is 1.47. The Morgan fingerprint density at radius 1 is 1.43 bits per heavy atom.